The van der Waals surface area contributed by atoms with Gasteiger partial charge in [0.05, 0.1) is 20.2 Å². The third-order valence-corrected chi connectivity index (χ3v) is 6.27. The topological polar surface area (TPSA) is 85.1 Å². The number of carbonyl (C=O) groups is 1. The summed E-state index contributed by atoms with van der Waals surface area (Å²) >= 11 is 8.33. The predicted molar refractivity (Wildman–Crippen MR) is 101 cm³/mol. The highest BCUT2D eigenvalue weighted by molar-refractivity contribution is 7.23. The van der Waals surface area contributed by atoms with E-state index in [-0.39, 0.29) is 21.4 Å². The Bertz CT molecular complexity index is 1200. The van der Waals surface area contributed by atoms with Gasteiger partial charge in [-0.1, -0.05) is 35.1 Å². The smallest absolute Gasteiger partial charge is 0.287 e. The third kappa shape index (κ3) is 2.79. The quantitative estimate of drug-likeness (QED) is 0.360. The minimum atomic E-state index is -0.523. The molecule has 0 radical (unpaired) electrons. The van der Waals surface area contributed by atoms with Gasteiger partial charge in [-0.05, 0) is 18.2 Å². The number of anilines is 1. The van der Waals surface area contributed by atoms with Gasteiger partial charge in [0.2, 0.25) is 0 Å². The molecule has 6 nitrogen and oxygen atoms in total. The number of non-ortho nitro benzene ring substituents is 1. The first-order chi connectivity index (χ1) is 12.4. The number of hydrogen-bond acceptors (Lipinski definition) is 6. The maximum absolute atomic E-state index is 13.3. The number of nitro benzene ring substituents is 1. The van der Waals surface area contributed by atoms with Crippen LogP contribution in [0.25, 0.3) is 20.3 Å². The molecule has 0 aliphatic carbocycles. The molecule has 1 N–H and O–H groups in total. The van der Waals surface area contributed by atoms with Gasteiger partial charge in [0.1, 0.15) is 15.4 Å². The van der Waals surface area contributed by atoms with Crippen molar-refractivity contribution in [3.8, 4) is 0 Å². The summed E-state index contributed by atoms with van der Waals surface area (Å²) in [5, 5.41) is 14.7. The molecule has 4 rings (SSSR count). The molecule has 2 heterocycles. The lowest BCUT2D eigenvalue weighted by Crippen LogP contribution is -2.10. The highest BCUT2D eigenvalue weighted by Crippen LogP contribution is 2.40. The Morgan fingerprint density at radius 2 is 2.08 bits per heavy atom. The van der Waals surface area contributed by atoms with Crippen LogP contribution < -0.4 is 5.32 Å². The van der Waals surface area contributed by atoms with Crippen molar-refractivity contribution in [3.63, 3.8) is 0 Å². The van der Waals surface area contributed by atoms with Gasteiger partial charge in [0.15, 0.2) is 5.13 Å². The lowest BCUT2D eigenvalue weighted by Gasteiger charge is -1.98. The second kappa shape index (κ2) is 6.27. The second-order valence-corrected chi connectivity index (χ2v) is 7.67. The summed E-state index contributed by atoms with van der Waals surface area (Å²) in [6.07, 6.45) is 0. The number of hydrogen-bond donors (Lipinski definition) is 1. The van der Waals surface area contributed by atoms with Crippen LogP contribution in [0.2, 0.25) is 5.02 Å². The van der Waals surface area contributed by atoms with Crippen LogP contribution in [0.5, 0.6) is 0 Å². The van der Waals surface area contributed by atoms with E-state index in [0.29, 0.717) is 25.4 Å². The van der Waals surface area contributed by atoms with E-state index >= 15 is 0 Å². The Balaban J connectivity index is 1.72. The van der Waals surface area contributed by atoms with Crippen molar-refractivity contribution < 1.29 is 14.1 Å². The van der Waals surface area contributed by atoms with E-state index < -0.39 is 10.8 Å². The highest BCUT2D eigenvalue weighted by Gasteiger charge is 2.23. The molecule has 0 saturated heterocycles. The van der Waals surface area contributed by atoms with E-state index in [1.165, 1.54) is 30.3 Å². The molecule has 0 aliphatic rings. The molecule has 0 bridgehead atoms. The van der Waals surface area contributed by atoms with Crippen LogP contribution in [0.3, 0.4) is 0 Å². The number of carbonyl (C=O) groups excluding carboxylic acids is 1. The molecule has 0 spiro atoms. The van der Waals surface area contributed by atoms with Gasteiger partial charge < -0.3 is 0 Å². The van der Waals surface area contributed by atoms with Crippen molar-refractivity contribution in [1.82, 2.24) is 4.98 Å². The van der Waals surface area contributed by atoms with E-state index in [2.05, 4.69) is 10.3 Å². The summed E-state index contributed by atoms with van der Waals surface area (Å²) in [6, 6.07) is 8.64. The Labute approximate surface area is 158 Å². The molecular weight excluding hydrogens is 401 g/mol. The average molecular weight is 408 g/mol. The minimum Gasteiger partial charge on any atom is -0.297 e. The first kappa shape index (κ1) is 16.8. The molecule has 1 amide bonds. The van der Waals surface area contributed by atoms with E-state index in [9.17, 15) is 19.3 Å². The fourth-order valence-corrected chi connectivity index (χ4v) is 4.85. The zero-order valence-corrected chi connectivity index (χ0v) is 15.0. The van der Waals surface area contributed by atoms with Crippen molar-refractivity contribution in [2.24, 2.45) is 0 Å². The van der Waals surface area contributed by atoms with Crippen LogP contribution in [-0.2, 0) is 0 Å². The van der Waals surface area contributed by atoms with E-state index in [1.54, 1.807) is 6.07 Å². The molecule has 2 aromatic carbocycles. The van der Waals surface area contributed by atoms with Crippen LogP contribution in [0.15, 0.2) is 36.4 Å². The number of nitro groups is 1. The maximum atomic E-state index is 13.3. The van der Waals surface area contributed by atoms with Crippen LogP contribution in [0, 0.1) is 15.9 Å². The molecule has 10 heteroatoms. The molecule has 0 aliphatic heterocycles. The van der Waals surface area contributed by atoms with Gasteiger partial charge in [0, 0.05) is 11.5 Å². The first-order valence-electron chi connectivity index (χ1n) is 7.17. The van der Waals surface area contributed by atoms with Crippen LogP contribution in [0.4, 0.5) is 15.2 Å². The van der Waals surface area contributed by atoms with Crippen LogP contribution >= 0.6 is 34.3 Å². The van der Waals surface area contributed by atoms with Crippen LogP contribution in [-0.4, -0.2) is 15.8 Å². The maximum Gasteiger partial charge on any atom is 0.287 e. The lowest BCUT2D eigenvalue weighted by molar-refractivity contribution is -0.382. The second-order valence-electron chi connectivity index (χ2n) is 5.24. The first-order valence-corrected chi connectivity index (χ1v) is 9.18. The van der Waals surface area contributed by atoms with Crippen molar-refractivity contribution in [3.05, 3.63) is 62.2 Å². The molecule has 0 saturated carbocycles. The third-order valence-electron chi connectivity index (χ3n) is 3.61. The molecule has 0 atom stereocenters. The summed E-state index contributed by atoms with van der Waals surface area (Å²) in [5.41, 5.74) is 0.452. The molecule has 26 heavy (non-hydrogen) atoms. The number of benzene rings is 2. The van der Waals surface area contributed by atoms with Gasteiger partial charge in [0.25, 0.3) is 11.6 Å². The van der Waals surface area contributed by atoms with Crippen molar-refractivity contribution >= 4 is 71.3 Å². The normalized spacial score (nSPS) is 11.2. The monoisotopic (exact) mass is 407 g/mol. The van der Waals surface area contributed by atoms with E-state index in [1.807, 2.05) is 0 Å². The summed E-state index contributed by atoms with van der Waals surface area (Å²) in [6.45, 7) is 0. The van der Waals surface area contributed by atoms with Crippen molar-refractivity contribution in [2.45, 2.75) is 0 Å². The van der Waals surface area contributed by atoms with Crippen molar-refractivity contribution in [2.75, 3.05) is 5.32 Å². The Kier molecular flexibility index (Phi) is 4.06. The van der Waals surface area contributed by atoms with Gasteiger partial charge >= 0.3 is 0 Å². The zero-order chi connectivity index (χ0) is 18.4. The molecule has 2 aromatic heterocycles. The number of halogens is 2. The fourth-order valence-electron chi connectivity index (χ4n) is 2.47. The summed E-state index contributed by atoms with van der Waals surface area (Å²) in [4.78, 5) is 27.6. The summed E-state index contributed by atoms with van der Waals surface area (Å²) in [5.74, 6) is -0.913. The summed E-state index contributed by atoms with van der Waals surface area (Å²) < 4.78 is 14.2. The Morgan fingerprint density at radius 3 is 2.85 bits per heavy atom. The Hall–Kier alpha value is -2.62. The van der Waals surface area contributed by atoms with E-state index in [0.717, 1.165) is 22.7 Å². The van der Waals surface area contributed by atoms with Gasteiger partial charge in [-0.2, -0.15) is 0 Å². The predicted octanol–water partition coefficient (Wildman–Crippen LogP) is 5.46. The van der Waals surface area contributed by atoms with E-state index in [4.69, 9.17) is 11.6 Å². The fraction of sp³-hybridized carbons (Fsp3) is 0. The van der Waals surface area contributed by atoms with Gasteiger partial charge in [-0.3, -0.25) is 20.2 Å². The molecule has 0 unspecified atom stereocenters. The number of rotatable bonds is 3. The highest BCUT2D eigenvalue weighted by atomic mass is 35.5. The van der Waals surface area contributed by atoms with Crippen LogP contribution in [0.1, 0.15) is 9.67 Å². The number of nitrogens with zero attached hydrogens (tertiary/aromatic N) is 2. The number of amides is 1. The summed E-state index contributed by atoms with van der Waals surface area (Å²) in [7, 11) is 0. The number of thiazole rings is 1. The van der Waals surface area contributed by atoms with Crippen molar-refractivity contribution in [1.29, 1.82) is 0 Å². The molecular formula is C16H7ClFN3O3S2. The van der Waals surface area contributed by atoms with Gasteiger partial charge in [-0.25, -0.2) is 9.37 Å². The number of thiophene rings is 1. The molecule has 0 fully saturated rings. The molecule has 4 aromatic rings. The average Bonchev–Trinajstić information content (AvgIpc) is 3.14. The molecule has 130 valence electrons. The number of fused-ring (bicyclic) bond motifs is 2. The number of nitrogens with one attached hydrogen (secondary N) is 1. The zero-order valence-electron chi connectivity index (χ0n) is 12.7. The number of aromatic nitrogens is 1. The largest absolute Gasteiger partial charge is 0.297 e. The Morgan fingerprint density at radius 1 is 1.27 bits per heavy atom. The van der Waals surface area contributed by atoms with Gasteiger partial charge in [-0.15, -0.1) is 11.3 Å². The minimum absolute atomic E-state index is 0.107. The standard InChI is InChI=1S/C16H7ClFN3O3S2/c17-12-8-2-1-3-10(21(23)24)13(8)26-14(12)15(22)20-16-19-9-5-4-7(18)6-11(9)25-16/h1-6H,(H,19,20,22). The SMILES string of the molecule is O=C(Nc1nc2ccc(F)cc2s1)c1sc2c([N+](=O)[O-])cccc2c1Cl. The lowest BCUT2D eigenvalue weighted by atomic mass is 10.2.